The Morgan fingerprint density at radius 2 is 1.95 bits per heavy atom. The van der Waals surface area contributed by atoms with E-state index < -0.39 is 23.5 Å². The third-order valence-electron chi connectivity index (χ3n) is 6.78. The highest BCUT2D eigenvalue weighted by Gasteiger charge is 2.58. The minimum absolute atomic E-state index is 0.0932. The van der Waals surface area contributed by atoms with Crippen LogP contribution in [0.1, 0.15) is 79.3 Å². The average molecular weight is 531 g/mol. The number of ether oxygens (including phenoxy) is 3. The molecule has 0 spiro atoms. The third kappa shape index (κ3) is 5.72. The monoisotopic (exact) mass is 530 g/mol. The van der Waals surface area contributed by atoms with E-state index in [-0.39, 0.29) is 23.7 Å². The molecule has 2 heterocycles. The van der Waals surface area contributed by atoms with Gasteiger partial charge in [-0.05, 0) is 41.9 Å². The highest BCUT2D eigenvalue weighted by molar-refractivity contribution is 7.11. The Labute approximate surface area is 223 Å². The van der Waals surface area contributed by atoms with Gasteiger partial charge in [0.25, 0.3) is 5.91 Å². The fourth-order valence-electron chi connectivity index (χ4n) is 5.32. The van der Waals surface area contributed by atoms with Gasteiger partial charge in [0.15, 0.2) is 0 Å². The van der Waals surface area contributed by atoms with E-state index in [4.69, 9.17) is 14.2 Å². The van der Waals surface area contributed by atoms with Crippen molar-refractivity contribution >= 4 is 29.5 Å². The second-order valence-corrected chi connectivity index (χ2v) is 12.2. The number of aromatic nitrogens is 1. The molecule has 8 nitrogen and oxygen atoms in total. The van der Waals surface area contributed by atoms with Gasteiger partial charge >= 0.3 is 5.97 Å². The molecule has 1 fully saturated rings. The van der Waals surface area contributed by atoms with E-state index in [0.717, 1.165) is 16.7 Å². The summed E-state index contributed by atoms with van der Waals surface area (Å²) in [4.78, 5) is 47.2. The quantitative estimate of drug-likeness (QED) is 0.334. The van der Waals surface area contributed by atoms with Crippen molar-refractivity contribution in [2.45, 2.75) is 71.1 Å². The third-order valence-corrected chi connectivity index (χ3v) is 7.83. The smallest absolute Gasteiger partial charge is 0.311 e. The van der Waals surface area contributed by atoms with Gasteiger partial charge in [-0.2, -0.15) is 0 Å². The predicted molar refractivity (Wildman–Crippen MR) is 142 cm³/mol. The van der Waals surface area contributed by atoms with Crippen LogP contribution in [0.25, 0.3) is 0 Å². The van der Waals surface area contributed by atoms with Crippen molar-refractivity contribution in [1.29, 1.82) is 0 Å². The zero-order valence-electron chi connectivity index (χ0n) is 23.0. The Hall–Kier alpha value is -2.78. The van der Waals surface area contributed by atoms with Crippen molar-refractivity contribution in [2.75, 3.05) is 21.3 Å². The summed E-state index contributed by atoms with van der Waals surface area (Å²) in [6.45, 7) is 10.6. The van der Waals surface area contributed by atoms with Crippen molar-refractivity contribution in [1.82, 2.24) is 9.88 Å². The molecule has 1 aliphatic rings. The highest BCUT2D eigenvalue weighted by atomic mass is 32.1. The summed E-state index contributed by atoms with van der Waals surface area (Å²) < 4.78 is 16.0. The minimum atomic E-state index is -1.20. The summed E-state index contributed by atoms with van der Waals surface area (Å²) in [5, 5.41) is 0.571. The molecule has 0 N–H and O–H groups in total. The molecule has 3 atom stereocenters. The Morgan fingerprint density at radius 3 is 2.49 bits per heavy atom. The zero-order chi connectivity index (χ0) is 27.5. The number of aldehydes is 1. The van der Waals surface area contributed by atoms with Gasteiger partial charge in [0, 0.05) is 18.9 Å². The highest BCUT2D eigenvalue weighted by Crippen LogP contribution is 2.50. The second-order valence-electron chi connectivity index (χ2n) is 11.0. The lowest BCUT2D eigenvalue weighted by molar-refractivity contribution is -0.146. The summed E-state index contributed by atoms with van der Waals surface area (Å²) in [5.41, 5.74) is -0.0476. The van der Waals surface area contributed by atoms with E-state index >= 15 is 0 Å². The van der Waals surface area contributed by atoms with Crippen LogP contribution in [-0.2, 0) is 31.1 Å². The van der Waals surface area contributed by atoms with Crippen LogP contribution in [0.3, 0.4) is 0 Å². The Morgan fingerprint density at radius 1 is 1.24 bits per heavy atom. The molecule has 1 saturated heterocycles. The number of hydrogen-bond donors (Lipinski definition) is 0. The fraction of sp³-hybridized carbons (Fsp3) is 0.571. The lowest BCUT2D eigenvalue weighted by Gasteiger charge is -2.38. The van der Waals surface area contributed by atoms with Crippen molar-refractivity contribution in [3.05, 3.63) is 45.4 Å². The van der Waals surface area contributed by atoms with Crippen molar-refractivity contribution in [2.24, 2.45) is 11.8 Å². The number of benzene rings is 1. The number of nitrogens with zero attached hydrogens (tertiary/aromatic N) is 2. The van der Waals surface area contributed by atoms with Crippen molar-refractivity contribution in [3.63, 3.8) is 0 Å². The number of methoxy groups -OCH3 is 3. The lowest BCUT2D eigenvalue weighted by atomic mass is 9.84. The number of hydrogen-bond acceptors (Lipinski definition) is 8. The molecule has 0 radical (unpaired) electrons. The van der Waals surface area contributed by atoms with E-state index in [1.54, 1.807) is 37.4 Å². The van der Waals surface area contributed by atoms with Crippen LogP contribution in [0.5, 0.6) is 5.75 Å². The molecule has 1 amide bonds. The Bertz CT molecular complexity index is 1140. The number of amides is 1. The molecule has 0 bridgehead atoms. The molecule has 202 valence electrons. The van der Waals surface area contributed by atoms with Gasteiger partial charge in [-0.1, -0.05) is 40.7 Å². The summed E-state index contributed by atoms with van der Waals surface area (Å²) in [7, 11) is 4.49. The van der Waals surface area contributed by atoms with Crippen LogP contribution < -0.4 is 4.74 Å². The molecule has 37 heavy (non-hydrogen) atoms. The second kappa shape index (κ2) is 11.3. The van der Waals surface area contributed by atoms with Gasteiger partial charge in [0.1, 0.15) is 22.6 Å². The summed E-state index contributed by atoms with van der Waals surface area (Å²) in [5.74, 6) is -0.882. The molecule has 0 saturated carbocycles. The van der Waals surface area contributed by atoms with Gasteiger partial charge in [-0.3, -0.25) is 9.59 Å². The molecule has 9 heteroatoms. The normalized spacial score (nSPS) is 21.8. The molecule has 3 rings (SSSR count). The number of carbonyl (C=O) groups is 3. The molecule has 2 aromatic rings. The summed E-state index contributed by atoms with van der Waals surface area (Å²) >= 11 is 1.37. The zero-order valence-corrected chi connectivity index (χ0v) is 23.8. The fourth-order valence-corrected chi connectivity index (χ4v) is 6.36. The maximum atomic E-state index is 14.3. The predicted octanol–water partition coefficient (Wildman–Crippen LogP) is 4.96. The number of rotatable bonds is 9. The van der Waals surface area contributed by atoms with E-state index in [2.05, 4.69) is 25.8 Å². The first-order chi connectivity index (χ1) is 17.4. The van der Waals surface area contributed by atoms with Gasteiger partial charge < -0.3 is 23.9 Å². The Balaban J connectivity index is 2.21. The maximum Gasteiger partial charge on any atom is 0.311 e. The molecule has 0 unspecified atom stereocenters. The standard InChI is InChI=1S/C28H38N2O6S/c1-17(2)12-28(16-31)13-20(26(33)36-8)23(24-29-14-19(37-24)15-34-6)30(28)25(32)18-9-10-21(27(3,4)5)22(11-18)35-7/h9-11,14,16-17,20,23H,12-13,15H2,1-8H3/t20-,23+,28-/m0/s1. The van der Waals surface area contributed by atoms with Crippen LogP contribution >= 0.6 is 11.3 Å². The number of esters is 1. The maximum absolute atomic E-state index is 14.3. The van der Waals surface area contributed by atoms with Gasteiger partial charge in [-0.25, -0.2) is 4.98 Å². The topological polar surface area (TPSA) is 95.0 Å². The van der Waals surface area contributed by atoms with Crippen LogP contribution in [0, 0.1) is 11.8 Å². The average Bonchev–Trinajstić information content (AvgIpc) is 3.44. The van der Waals surface area contributed by atoms with E-state index in [1.807, 2.05) is 19.9 Å². The lowest BCUT2D eigenvalue weighted by Crippen LogP contribution is -2.50. The molecule has 1 aromatic heterocycles. The summed E-state index contributed by atoms with van der Waals surface area (Å²) in [6, 6.07) is 4.61. The van der Waals surface area contributed by atoms with E-state index in [9.17, 15) is 14.4 Å². The first kappa shape index (κ1) is 28.8. The van der Waals surface area contributed by atoms with Gasteiger partial charge in [0.2, 0.25) is 0 Å². The van der Waals surface area contributed by atoms with Crippen LogP contribution in [-0.4, -0.2) is 54.9 Å². The number of likely N-dealkylation sites (tertiary alicyclic amines) is 1. The van der Waals surface area contributed by atoms with Gasteiger partial charge in [0.05, 0.1) is 37.7 Å². The largest absolute Gasteiger partial charge is 0.496 e. The van der Waals surface area contributed by atoms with Crippen LogP contribution in [0.15, 0.2) is 24.4 Å². The molecular formula is C28H38N2O6S. The first-order valence-corrected chi connectivity index (χ1v) is 13.2. The van der Waals surface area contributed by atoms with Crippen molar-refractivity contribution in [3.8, 4) is 5.75 Å². The van der Waals surface area contributed by atoms with E-state index in [0.29, 0.717) is 29.3 Å². The minimum Gasteiger partial charge on any atom is -0.496 e. The molecule has 0 aliphatic carbocycles. The molecule has 1 aliphatic heterocycles. The SMILES string of the molecule is COCc1cnc([C@H]2[C@@H](C(=O)OC)C[C@](C=O)(CC(C)C)N2C(=O)c2ccc(C(C)(C)C)c(OC)c2)s1. The van der Waals surface area contributed by atoms with Crippen LogP contribution in [0.4, 0.5) is 0 Å². The van der Waals surface area contributed by atoms with Crippen molar-refractivity contribution < 1.29 is 28.6 Å². The summed E-state index contributed by atoms with van der Waals surface area (Å²) in [6.07, 6.45) is 3.07. The van der Waals surface area contributed by atoms with E-state index in [1.165, 1.54) is 18.4 Å². The first-order valence-electron chi connectivity index (χ1n) is 12.4. The molecule has 1 aromatic carbocycles. The van der Waals surface area contributed by atoms with Gasteiger partial charge in [-0.15, -0.1) is 11.3 Å². The van der Waals surface area contributed by atoms with Crippen LogP contribution in [0.2, 0.25) is 0 Å². The number of carbonyl (C=O) groups excluding carboxylic acids is 3. The number of thiazole rings is 1. The molecular weight excluding hydrogens is 492 g/mol. The Kier molecular flexibility index (Phi) is 8.80.